The standard InChI is InChI=1S/C15H19N3O4/c1-9-6-10(21-5)17-13-12(9)14(20)18(8-16-13)7-11(19)22-15(2,3)4/h6,8H,7H2,1-5H3. The van der Waals surface area contributed by atoms with Crippen LogP contribution in [-0.2, 0) is 16.1 Å². The van der Waals surface area contributed by atoms with Crippen molar-refractivity contribution in [3.63, 3.8) is 0 Å². The molecule has 2 aromatic heterocycles. The van der Waals surface area contributed by atoms with Crippen LogP contribution in [0, 0.1) is 6.92 Å². The topological polar surface area (TPSA) is 83.3 Å². The number of carbonyl (C=O) groups excluding carboxylic acids is 1. The van der Waals surface area contributed by atoms with Gasteiger partial charge in [0.25, 0.3) is 5.56 Å². The van der Waals surface area contributed by atoms with Gasteiger partial charge in [0.05, 0.1) is 12.5 Å². The third-order valence-electron chi connectivity index (χ3n) is 2.90. The van der Waals surface area contributed by atoms with Crippen molar-refractivity contribution in [2.75, 3.05) is 7.11 Å². The zero-order valence-corrected chi connectivity index (χ0v) is 13.3. The molecule has 0 fully saturated rings. The van der Waals surface area contributed by atoms with Gasteiger partial charge in [0.1, 0.15) is 18.5 Å². The Hall–Kier alpha value is -2.44. The van der Waals surface area contributed by atoms with Gasteiger partial charge < -0.3 is 9.47 Å². The highest BCUT2D eigenvalue weighted by Crippen LogP contribution is 2.16. The van der Waals surface area contributed by atoms with E-state index in [0.717, 1.165) is 0 Å². The normalized spacial score (nSPS) is 11.5. The van der Waals surface area contributed by atoms with Crippen molar-refractivity contribution in [1.82, 2.24) is 14.5 Å². The maximum absolute atomic E-state index is 12.5. The molecule has 0 unspecified atom stereocenters. The second-order valence-corrected chi connectivity index (χ2v) is 5.94. The highest BCUT2D eigenvalue weighted by Gasteiger charge is 2.18. The Morgan fingerprint density at radius 3 is 2.64 bits per heavy atom. The van der Waals surface area contributed by atoms with Crippen LogP contribution in [0.4, 0.5) is 0 Å². The van der Waals surface area contributed by atoms with Gasteiger partial charge in [-0.2, -0.15) is 4.98 Å². The molecule has 0 spiro atoms. The molecule has 0 amide bonds. The van der Waals surface area contributed by atoms with Crippen LogP contribution < -0.4 is 10.3 Å². The number of aryl methyl sites for hydroxylation is 1. The Morgan fingerprint density at radius 1 is 1.36 bits per heavy atom. The average molecular weight is 305 g/mol. The van der Waals surface area contributed by atoms with Gasteiger partial charge >= 0.3 is 5.97 Å². The molecule has 0 aromatic carbocycles. The molecular weight excluding hydrogens is 286 g/mol. The molecule has 2 heterocycles. The molecule has 0 aliphatic heterocycles. The van der Waals surface area contributed by atoms with Crippen LogP contribution >= 0.6 is 0 Å². The second-order valence-electron chi connectivity index (χ2n) is 5.94. The maximum atomic E-state index is 12.5. The van der Waals surface area contributed by atoms with Crippen molar-refractivity contribution < 1.29 is 14.3 Å². The van der Waals surface area contributed by atoms with Crippen molar-refractivity contribution in [3.05, 3.63) is 28.3 Å². The van der Waals surface area contributed by atoms with Crippen LogP contribution in [0.3, 0.4) is 0 Å². The van der Waals surface area contributed by atoms with Crippen molar-refractivity contribution in [3.8, 4) is 5.88 Å². The third-order valence-corrected chi connectivity index (χ3v) is 2.90. The van der Waals surface area contributed by atoms with E-state index in [1.165, 1.54) is 18.0 Å². The van der Waals surface area contributed by atoms with E-state index in [2.05, 4.69) is 9.97 Å². The average Bonchev–Trinajstić information content (AvgIpc) is 2.39. The van der Waals surface area contributed by atoms with E-state index >= 15 is 0 Å². The SMILES string of the molecule is COc1cc(C)c2c(=O)n(CC(=O)OC(C)(C)C)cnc2n1. The predicted octanol–water partition coefficient (Wildman–Crippen LogP) is 1.45. The molecular formula is C15H19N3O4. The lowest BCUT2D eigenvalue weighted by Gasteiger charge is -2.19. The van der Waals surface area contributed by atoms with Gasteiger partial charge in [-0.15, -0.1) is 0 Å². The van der Waals surface area contributed by atoms with Gasteiger partial charge in [-0.25, -0.2) is 4.98 Å². The quantitative estimate of drug-likeness (QED) is 0.798. The Morgan fingerprint density at radius 2 is 2.05 bits per heavy atom. The van der Waals surface area contributed by atoms with Crippen molar-refractivity contribution in [2.45, 2.75) is 39.8 Å². The summed E-state index contributed by atoms with van der Waals surface area (Å²) in [5, 5.41) is 0.367. The Labute approximate surface area is 127 Å². The number of aromatic nitrogens is 3. The molecule has 0 saturated heterocycles. The van der Waals surface area contributed by atoms with E-state index in [1.54, 1.807) is 33.8 Å². The van der Waals surface area contributed by atoms with Gasteiger partial charge in [0.2, 0.25) is 5.88 Å². The van der Waals surface area contributed by atoms with Gasteiger partial charge in [-0.3, -0.25) is 14.2 Å². The fourth-order valence-electron chi connectivity index (χ4n) is 2.03. The zero-order chi connectivity index (χ0) is 16.5. The summed E-state index contributed by atoms with van der Waals surface area (Å²) in [7, 11) is 1.50. The first-order valence-corrected chi connectivity index (χ1v) is 6.84. The summed E-state index contributed by atoms with van der Waals surface area (Å²) < 4.78 is 11.5. The van der Waals surface area contributed by atoms with Crippen LogP contribution in [-0.4, -0.2) is 33.2 Å². The van der Waals surface area contributed by atoms with Gasteiger partial charge in [0.15, 0.2) is 5.65 Å². The van der Waals surface area contributed by atoms with Crippen LogP contribution in [0.2, 0.25) is 0 Å². The largest absolute Gasteiger partial charge is 0.481 e. The summed E-state index contributed by atoms with van der Waals surface area (Å²) in [6, 6.07) is 1.66. The minimum atomic E-state index is -0.601. The maximum Gasteiger partial charge on any atom is 0.326 e. The van der Waals surface area contributed by atoms with Gasteiger partial charge in [-0.05, 0) is 33.3 Å². The number of esters is 1. The molecule has 7 heteroatoms. The number of hydrogen-bond donors (Lipinski definition) is 0. The molecule has 0 atom stereocenters. The number of ether oxygens (including phenoxy) is 2. The lowest BCUT2D eigenvalue weighted by Crippen LogP contribution is -2.31. The van der Waals surface area contributed by atoms with Crippen LogP contribution in [0.15, 0.2) is 17.2 Å². The number of methoxy groups -OCH3 is 1. The predicted molar refractivity (Wildman–Crippen MR) is 80.9 cm³/mol. The summed E-state index contributed by atoms with van der Waals surface area (Å²) in [5.41, 5.74) is 0.0548. The van der Waals surface area contributed by atoms with E-state index in [0.29, 0.717) is 22.5 Å². The molecule has 0 radical (unpaired) electrons. The minimum Gasteiger partial charge on any atom is -0.481 e. The fraction of sp³-hybridized carbons (Fsp3) is 0.467. The van der Waals surface area contributed by atoms with Crippen LogP contribution in [0.1, 0.15) is 26.3 Å². The molecule has 22 heavy (non-hydrogen) atoms. The summed E-state index contributed by atoms with van der Waals surface area (Å²) >= 11 is 0. The number of pyridine rings is 1. The Kier molecular flexibility index (Phi) is 4.16. The molecule has 0 N–H and O–H groups in total. The first-order valence-electron chi connectivity index (χ1n) is 6.84. The summed E-state index contributed by atoms with van der Waals surface area (Å²) in [5.74, 6) is -0.100. The Balaban J connectivity index is 2.41. The summed E-state index contributed by atoms with van der Waals surface area (Å²) in [6.07, 6.45) is 1.29. The smallest absolute Gasteiger partial charge is 0.326 e. The molecule has 0 aliphatic rings. The highest BCUT2D eigenvalue weighted by molar-refractivity contribution is 5.78. The Bertz CT molecular complexity index is 775. The molecule has 118 valence electrons. The lowest BCUT2D eigenvalue weighted by molar-refractivity contribution is -0.155. The second kappa shape index (κ2) is 5.75. The molecule has 0 bridgehead atoms. The van der Waals surface area contributed by atoms with E-state index < -0.39 is 11.6 Å². The van der Waals surface area contributed by atoms with Crippen LogP contribution in [0.5, 0.6) is 5.88 Å². The van der Waals surface area contributed by atoms with E-state index in [9.17, 15) is 9.59 Å². The van der Waals surface area contributed by atoms with Gasteiger partial charge in [0, 0.05) is 6.07 Å². The van der Waals surface area contributed by atoms with Gasteiger partial charge in [-0.1, -0.05) is 0 Å². The molecule has 7 nitrogen and oxygen atoms in total. The number of fused-ring (bicyclic) bond motifs is 1. The first kappa shape index (κ1) is 15.9. The molecule has 2 aromatic rings. The van der Waals surface area contributed by atoms with E-state index in [4.69, 9.17) is 9.47 Å². The van der Waals surface area contributed by atoms with E-state index in [-0.39, 0.29) is 12.1 Å². The lowest BCUT2D eigenvalue weighted by atomic mass is 10.2. The highest BCUT2D eigenvalue weighted by atomic mass is 16.6. The van der Waals surface area contributed by atoms with Crippen molar-refractivity contribution >= 4 is 17.0 Å². The van der Waals surface area contributed by atoms with Crippen molar-refractivity contribution in [1.29, 1.82) is 0 Å². The summed E-state index contributed by atoms with van der Waals surface area (Å²) in [6.45, 7) is 6.89. The molecule has 0 saturated carbocycles. The number of rotatable bonds is 3. The monoisotopic (exact) mass is 305 g/mol. The molecule has 0 aliphatic carbocycles. The van der Waals surface area contributed by atoms with Crippen LogP contribution in [0.25, 0.3) is 11.0 Å². The number of hydrogen-bond acceptors (Lipinski definition) is 6. The number of nitrogens with zero attached hydrogens (tertiary/aromatic N) is 3. The van der Waals surface area contributed by atoms with Crippen molar-refractivity contribution in [2.24, 2.45) is 0 Å². The first-order chi connectivity index (χ1) is 10.2. The fourth-order valence-corrected chi connectivity index (χ4v) is 2.03. The third kappa shape index (κ3) is 3.41. The minimum absolute atomic E-state index is 0.190. The summed E-state index contributed by atoms with van der Waals surface area (Å²) in [4.78, 5) is 32.6. The number of carbonyl (C=O) groups is 1. The zero-order valence-electron chi connectivity index (χ0n) is 13.3. The molecule has 2 rings (SSSR count). The van der Waals surface area contributed by atoms with E-state index in [1.807, 2.05) is 0 Å².